The number of nitrogens with one attached hydrogen (secondary N) is 1. The number of amides is 1. The first-order valence-electron chi connectivity index (χ1n) is 11.7. The van der Waals surface area contributed by atoms with Crippen LogP contribution in [-0.4, -0.2) is 46.5 Å². The molecule has 3 aromatic carbocycles. The second kappa shape index (κ2) is 10.4. The van der Waals surface area contributed by atoms with Crippen LogP contribution in [0.2, 0.25) is 0 Å². The minimum Gasteiger partial charge on any atom is -0.497 e. The standard InChI is InChI=1S/C28H24N4O5/c1-36-20-13-11-19(12-14-20)25-15-23(18-7-3-2-4-8-18)31-32(25)26(33)17-37-27(34)16-24-21-9-5-6-10-22(21)28(35)30-29-24/h2-14,25H,15-17H2,1H3,(H,30,35)/t25-/m0/s1. The van der Waals surface area contributed by atoms with Gasteiger partial charge in [-0.2, -0.15) is 10.2 Å². The van der Waals surface area contributed by atoms with Gasteiger partial charge in [0.05, 0.1) is 36.4 Å². The average molecular weight is 497 g/mol. The summed E-state index contributed by atoms with van der Waals surface area (Å²) >= 11 is 0. The maximum Gasteiger partial charge on any atom is 0.312 e. The summed E-state index contributed by atoms with van der Waals surface area (Å²) in [5, 5.41) is 13.4. The lowest BCUT2D eigenvalue weighted by molar-refractivity contribution is -0.152. The van der Waals surface area contributed by atoms with Crippen molar-refractivity contribution in [1.82, 2.24) is 15.2 Å². The number of carbonyl (C=O) groups excluding carboxylic acids is 2. The second-order valence-electron chi connectivity index (χ2n) is 8.53. The molecule has 1 aliphatic rings. The van der Waals surface area contributed by atoms with Crippen molar-refractivity contribution < 1.29 is 19.1 Å². The molecule has 0 saturated carbocycles. The molecule has 5 rings (SSSR count). The van der Waals surface area contributed by atoms with E-state index in [-0.39, 0.29) is 18.0 Å². The molecule has 4 aromatic rings. The Balaban J connectivity index is 1.32. The van der Waals surface area contributed by atoms with E-state index in [0.29, 0.717) is 28.6 Å². The van der Waals surface area contributed by atoms with Gasteiger partial charge in [0.1, 0.15) is 5.75 Å². The Kier molecular flexibility index (Phi) is 6.76. The minimum absolute atomic E-state index is 0.189. The number of rotatable bonds is 7. The normalized spacial score (nSPS) is 14.9. The highest BCUT2D eigenvalue weighted by Gasteiger charge is 2.33. The zero-order valence-electron chi connectivity index (χ0n) is 20.1. The summed E-state index contributed by atoms with van der Waals surface area (Å²) in [6.07, 6.45) is 0.328. The Hall–Kier alpha value is -4.79. The molecule has 0 saturated heterocycles. The molecule has 37 heavy (non-hydrogen) atoms. The Morgan fingerprint density at radius 1 is 0.973 bits per heavy atom. The number of hydrogen-bond acceptors (Lipinski definition) is 7. The van der Waals surface area contributed by atoms with Crippen LogP contribution in [0, 0.1) is 0 Å². The van der Waals surface area contributed by atoms with E-state index in [4.69, 9.17) is 9.47 Å². The van der Waals surface area contributed by atoms with E-state index in [1.54, 1.807) is 31.4 Å². The number of H-pyrrole nitrogens is 1. The molecular weight excluding hydrogens is 472 g/mol. The molecule has 0 fully saturated rings. The van der Waals surface area contributed by atoms with Crippen LogP contribution in [0.25, 0.3) is 10.8 Å². The van der Waals surface area contributed by atoms with Gasteiger partial charge in [0.25, 0.3) is 11.5 Å². The first-order chi connectivity index (χ1) is 18.0. The van der Waals surface area contributed by atoms with E-state index in [1.165, 1.54) is 5.01 Å². The third-order valence-corrected chi connectivity index (χ3v) is 6.22. The van der Waals surface area contributed by atoms with Crippen molar-refractivity contribution in [3.8, 4) is 5.75 Å². The zero-order valence-corrected chi connectivity index (χ0v) is 20.1. The number of methoxy groups -OCH3 is 1. The number of aromatic nitrogens is 2. The topological polar surface area (TPSA) is 114 Å². The van der Waals surface area contributed by atoms with Gasteiger partial charge < -0.3 is 9.47 Å². The molecule has 1 aromatic heterocycles. The molecule has 0 aliphatic carbocycles. The van der Waals surface area contributed by atoms with Crippen LogP contribution in [0.4, 0.5) is 0 Å². The van der Waals surface area contributed by atoms with Crippen LogP contribution in [0.15, 0.2) is 88.8 Å². The number of fused-ring (bicyclic) bond motifs is 1. The van der Waals surface area contributed by atoms with Crippen LogP contribution in [0.5, 0.6) is 5.75 Å². The van der Waals surface area contributed by atoms with E-state index in [9.17, 15) is 14.4 Å². The van der Waals surface area contributed by atoms with Crippen LogP contribution in [0.3, 0.4) is 0 Å². The number of benzene rings is 3. The van der Waals surface area contributed by atoms with Gasteiger partial charge in [-0.15, -0.1) is 0 Å². The largest absolute Gasteiger partial charge is 0.497 e. The molecule has 0 unspecified atom stereocenters. The highest BCUT2D eigenvalue weighted by Crippen LogP contribution is 2.33. The molecule has 0 bridgehead atoms. The second-order valence-corrected chi connectivity index (χ2v) is 8.53. The fraction of sp³-hybridized carbons (Fsp3) is 0.179. The smallest absolute Gasteiger partial charge is 0.312 e. The number of aromatic amines is 1. The molecule has 1 atom stereocenters. The Bertz CT molecular complexity index is 1530. The summed E-state index contributed by atoms with van der Waals surface area (Å²) in [5.74, 6) is -0.369. The zero-order chi connectivity index (χ0) is 25.8. The molecule has 9 heteroatoms. The maximum atomic E-state index is 13.2. The van der Waals surface area contributed by atoms with Gasteiger partial charge in [0, 0.05) is 11.8 Å². The lowest BCUT2D eigenvalue weighted by Gasteiger charge is -2.22. The van der Waals surface area contributed by atoms with Gasteiger partial charge in [0.2, 0.25) is 0 Å². The first-order valence-corrected chi connectivity index (χ1v) is 11.7. The van der Waals surface area contributed by atoms with Gasteiger partial charge in [-0.3, -0.25) is 14.4 Å². The quantitative estimate of drug-likeness (QED) is 0.393. The van der Waals surface area contributed by atoms with Gasteiger partial charge >= 0.3 is 5.97 Å². The van der Waals surface area contributed by atoms with Crippen LogP contribution < -0.4 is 10.3 Å². The van der Waals surface area contributed by atoms with Crippen LogP contribution in [0.1, 0.15) is 29.3 Å². The predicted octanol–water partition coefficient (Wildman–Crippen LogP) is 3.40. The molecule has 1 amide bonds. The summed E-state index contributed by atoms with van der Waals surface area (Å²) in [5.41, 5.74) is 2.61. The van der Waals surface area contributed by atoms with Crippen molar-refractivity contribution >= 4 is 28.4 Å². The van der Waals surface area contributed by atoms with Crippen molar-refractivity contribution in [2.24, 2.45) is 5.10 Å². The van der Waals surface area contributed by atoms with Crippen molar-refractivity contribution in [2.75, 3.05) is 13.7 Å². The third-order valence-electron chi connectivity index (χ3n) is 6.22. The minimum atomic E-state index is -0.634. The fourth-order valence-electron chi connectivity index (χ4n) is 4.33. The maximum absolute atomic E-state index is 13.2. The summed E-state index contributed by atoms with van der Waals surface area (Å²) in [7, 11) is 1.59. The average Bonchev–Trinajstić information content (AvgIpc) is 3.40. The van der Waals surface area contributed by atoms with Gasteiger partial charge in [-0.05, 0) is 29.3 Å². The highest BCUT2D eigenvalue weighted by molar-refractivity contribution is 6.03. The lowest BCUT2D eigenvalue weighted by Crippen LogP contribution is -2.31. The van der Waals surface area contributed by atoms with E-state index in [1.807, 2.05) is 54.6 Å². The number of carbonyl (C=O) groups is 2. The highest BCUT2D eigenvalue weighted by atomic mass is 16.5. The van der Waals surface area contributed by atoms with Crippen molar-refractivity contribution in [3.63, 3.8) is 0 Å². The number of esters is 1. The number of ether oxygens (including phenoxy) is 2. The van der Waals surface area contributed by atoms with E-state index >= 15 is 0 Å². The summed E-state index contributed by atoms with van der Waals surface area (Å²) < 4.78 is 10.6. The van der Waals surface area contributed by atoms with Gasteiger partial charge in [-0.1, -0.05) is 60.7 Å². The van der Waals surface area contributed by atoms with Gasteiger partial charge in [0.15, 0.2) is 6.61 Å². The van der Waals surface area contributed by atoms with Crippen molar-refractivity contribution in [1.29, 1.82) is 0 Å². The SMILES string of the molecule is COc1ccc([C@@H]2CC(c3ccccc3)=NN2C(=O)COC(=O)Cc2n[nH]c(=O)c3ccccc23)cc1. The molecule has 9 nitrogen and oxygen atoms in total. The number of hydrogen-bond donors (Lipinski definition) is 1. The van der Waals surface area contributed by atoms with E-state index < -0.39 is 18.5 Å². The van der Waals surface area contributed by atoms with E-state index in [2.05, 4.69) is 15.3 Å². The van der Waals surface area contributed by atoms with Crippen molar-refractivity contribution in [3.05, 3.63) is 106 Å². The lowest BCUT2D eigenvalue weighted by atomic mass is 9.98. The van der Waals surface area contributed by atoms with E-state index in [0.717, 1.165) is 16.8 Å². The molecule has 2 heterocycles. The summed E-state index contributed by atoms with van der Waals surface area (Å²) in [6, 6.07) is 23.6. The number of nitrogens with zero attached hydrogens (tertiary/aromatic N) is 3. The fourth-order valence-corrected chi connectivity index (χ4v) is 4.33. The molecule has 1 aliphatic heterocycles. The summed E-state index contributed by atoms with van der Waals surface area (Å²) in [4.78, 5) is 37.8. The predicted molar refractivity (Wildman–Crippen MR) is 137 cm³/mol. The Morgan fingerprint density at radius 3 is 2.41 bits per heavy atom. The Morgan fingerprint density at radius 2 is 1.68 bits per heavy atom. The first kappa shape index (κ1) is 23.9. The molecule has 0 radical (unpaired) electrons. The molecule has 186 valence electrons. The van der Waals surface area contributed by atoms with Crippen LogP contribution in [-0.2, 0) is 20.7 Å². The van der Waals surface area contributed by atoms with Gasteiger partial charge in [-0.25, -0.2) is 10.1 Å². The Labute approximate surface area is 212 Å². The molecule has 1 N–H and O–H groups in total. The molecule has 0 spiro atoms. The van der Waals surface area contributed by atoms with Crippen LogP contribution >= 0.6 is 0 Å². The summed E-state index contributed by atoms with van der Waals surface area (Å²) in [6.45, 7) is -0.474. The van der Waals surface area contributed by atoms with Crippen molar-refractivity contribution in [2.45, 2.75) is 18.9 Å². The molecular formula is C28H24N4O5. The number of hydrazone groups is 1. The third kappa shape index (κ3) is 5.11. The monoisotopic (exact) mass is 496 g/mol.